The molecule has 2 heterocycles. The molecule has 4 atom stereocenters. The molecule has 3 fully saturated rings. The fourth-order valence-electron chi connectivity index (χ4n) is 4.70. The molecular formula is C14H16O2. The van der Waals surface area contributed by atoms with Crippen LogP contribution >= 0.6 is 0 Å². The molecule has 2 saturated heterocycles. The van der Waals surface area contributed by atoms with Crippen LogP contribution in [0.5, 0.6) is 0 Å². The van der Waals surface area contributed by atoms with Crippen LogP contribution in [-0.4, -0.2) is 22.4 Å². The summed E-state index contributed by atoms with van der Waals surface area (Å²) >= 11 is 0. The van der Waals surface area contributed by atoms with Gasteiger partial charge in [0.05, 0.1) is 0 Å². The minimum absolute atomic E-state index is 0.160. The van der Waals surface area contributed by atoms with Gasteiger partial charge < -0.3 is 9.47 Å². The third-order valence-electron chi connectivity index (χ3n) is 5.62. The van der Waals surface area contributed by atoms with E-state index in [1.165, 1.54) is 0 Å². The van der Waals surface area contributed by atoms with Crippen LogP contribution in [0.4, 0.5) is 0 Å². The highest BCUT2D eigenvalue weighted by molar-refractivity contribution is 5.39. The lowest BCUT2D eigenvalue weighted by Gasteiger charge is -2.34. The zero-order valence-electron chi connectivity index (χ0n) is 9.37. The van der Waals surface area contributed by atoms with Crippen LogP contribution in [0.15, 0.2) is 24.3 Å². The Hall–Kier alpha value is -0.600. The summed E-state index contributed by atoms with van der Waals surface area (Å²) < 4.78 is 12.5. The topological polar surface area (TPSA) is 25.1 Å². The van der Waals surface area contributed by atoms with Gasteiger partial charge in [0.2, 0.25) is 0 Å². The van der Waals surface area contributed by atoms with Crippen LogP contribution in [0.3, 0.4) is 0 Å². The van der Waals surface area contributed by atoms with Crippen LogP contribution in [0.2, 0.25) is 0 Å². The van der Waals surface area contributed by atoms with E-state index < -0.39 is 0 Å². The highest BCUT2D eigenvalue weighted by Gasteiger charge is 2.86. The third kappa shape index (κ3) is 0.671. The first-order valence-electron chi connectivity index (χ1n) is 6.44. The Morgan fingerprint density at radius 1 is 0.562 bits per heavy atom. The lowest BCUT2D eigenvalue weighted by atomic mass is 9.62. The van der Waals surface area contributed by atoms with Gasteiger partial charge in [0.15, 0.2) is 0 Å². The Kier molecular flexibility index (Phi) is 1.09. The number of rotatable bonds is 0. The molecule has 0 amide bonds. The Morgan fingerprint density at radius 2 is 0.875 bits per heavy atom. The minimum Gasteiger partial charge on any atom is -0.362 e. The molecule has 16 heavy (non-hydrogen) atoms. The van der Waals surface area contributed by atoms with Crippen molar-refractivity contribution in [2.24, 2.45) is 0 Å². The van der Waals surface area contributed by atoms with Crippen molar-refractivity contribution in [3.63, 3.8) is 0 Å². The SMILES string of the molecule is C1=CC[C@]23C[C@]45CC=CC[C@@]4(C[C@@]2(C1)O3)O5. The predicted molar refractivity (Wildman–Crippen MR) is 59.1 cm³/mol. The average Bonchev–Trinajstić information content (AvgIpc) is 3.09. The van der Waals surface area contributed by atoms with Crippen LogP contribution in [0.1, 0.15) is 38.5 Å². The maximum absolute atomic E-state index is 6.23. The quantitative estimate of drug-likeness (QED) is 0.459. The third-order valence-corrected chi connectivity index (χ3v) is 5.62. The minimum atomic E-state index is 0.160. The average molecular weight is 216 g/mol. The standard InChI is InChI=1S/C14H16O2/c1-2-6-12-10-14-8-4-3-7-13(14,16-14)9-11(12,5-1)15-12/h1-4H,5-10H2/t11-,12+,13+,14-. The van der Waals surface area contributed by atoms with Gasteiger partial charge in [0, 0.05) is 12.8 Å². The van der Waals surface area contributed by atoms with Gasteiger partial charge in [-0.2, -0.15) is 0 Å². The second kappa shape index (κ2) is 2.06. The van der Waals surface area contributed by atoms with Crippen molar-refractivity contribution in [2.75, 3.05) is 0 Å². The first kappa shape index (κ1) is 8.48. The van der Waals surface area contributed by atoms with E-state index >= 15 is 0 Å². The van der Waals surface area contributed by atoms with E-state index in [4.69, 9.17) is 9.47 Å². The molecule has 0 aromatic heterocycles. The summed E-state index contributed by atoms with van der Waals surface area (Å²) in [6.45, 7) is 0. The summed E-state index contributed by atoms with van der Waals surface area (Å²) in [7, 11) is 0. The molecule has 5 aliphatic rings. The number of ether oxygens (including phenoxy) is 2. The summed E-state index contributed by atoms with van der Waals surface area (Å²) in [6.07, 6.45) is 15.9. The summed E-state index contributed by atoms with van der Waals surface area (Å²) in [5, 5.41) is 0. The van der Waals surface area contributed by atoms with Crippen LogP contribution < -0.4 is 0 Å². The molecule has 84 valence electrons. The molecule has 0 radical (unpaired) electrons. The Morgan fingerprint density at radius 3 is 1.19 bits per heavy atom. The molecule has 0 N–H and O–H groups in total. The molecule has 2 aliphatic heterocycles. The Bertz CT molecular complexity index is 376. The highest BCUT2D eigenvalue weighted by atomic mass is 16.7. The maximum Gasteiger partial charge on any atom is 0.105 e. The van der Waals surface area contributed by atoms with E-state index in [2.05, 4.69) is 24.3 Å². The lowest BCUT2D eigenvalue weighted by Crippen LogP contribution is -2.45. The van der Waals surface area contributed by atoms with Crippen molar-refractivity contribution in [1.82, 2.24) is 0 Å². The summed E-state index contributed by atoms with van der Waals surface area (Å²) in [4.78, 5) is 0. The predicted octanol–water partition coefficient (Wildman–Crippen LogP) is 2.50. The molecule has 3 aliphatic carbocycles. The monoisotopic (exact) mass is 216 g/mol. The van der Waals surface area contributed by atoms with Gasteiger partial charge in [-0.15, -0.1) is 0 Å². The zero-order valence-corrected chi connectivity index (χ0v) is 9.37. The number of hydrogen-bond donors (Lipinski definition) is 0. The van der Waals surface area contributed by atoms with Gasteiger partial charge in [-0.25, -0.2) is 0 Å². The second-order valence-corrected chi connectivity index (χ2v) is 6.29. The van der Waals surface area contributed by atoms with Crippen molar-refractivity contribution in [3.05, 3.63) is 24.3 Å². The zero-order chi connectivity index (χ0) is 10.5. The van der Waals surface area contributed by atoms with Crippen LogP contribution in [0, 0.1) is 0 Å². The van der Waals surface area contributed by atoms with Crippen molar-refractivity contribution >= 4 is 0 Å². The van der Waals surface area contributed by atoms with Crippen molar-refractivity contribution in [1.29, 1.82) is 0 Å². The van der Waals surface area contributed by atoms with Gasteiger partial charge in [0.25, 0.3) is 0 Å². The molecule has 1 saturated carbocycles. The second-order valence-electron chi connectivity index (χ2n) is 6.29. The first-order chi connectivity index (χ1) is 7.74. The molecule has 0 unspecified atom stereocenters. The molecule has 0 spiro atoms. The first-order valence-corrected chi connectivity index (χ1v) is 6.44. The van der Waals surface area contributed by atoms with E-state index in [0.29, 0.717) is 0 Å². The highest BCUT2D eigenvalue weighted by Crippen LogP contribution is 2.76. The van der Waals surface area contributed by atoms with Gasteiger partial charge in [-0.1, -0.05) is 24.3 Å². The normalized spacial score (nSPS) is 64.0. The van der Waals surface area contributed by atoms with Gasteiger partial charge in [-0.05, 0) is 25.7 Å². The van der Waals surface area contributed by atoms with Crippen LogP contribution in [0.25, 0.3) is 0 Å². The van der Waals surface area contributed by atoms with Gasteiger partial charge in [-0.3, -0.25) is 0 Å². The van der Waals surface area contributed by atoms with E-state index in [1.54, 1.807) is 0 Å². The van der Waals surface area contributed by atoms with Gasteiger partial charge in [0.1, 0.15) is 22.4 Å². The Labute approximate surface area is 95.3 Å². The van der Waals surface area contributed by atoms with E-state index in [0.717, 1.165) is 38.5 Å². The Balaban J connectivity index is 1.61. The van der Waals surface area contributed by atoms with Crippen molar-refractivity contribution < 1.29 is 9.47 Å². The van der Waals surface area contributed by atoms with E-state index in [-0.39, 0.29) is 22.4 Å². The maximum atomic E-state index is 6.23. The fraction of sp³-hybridized carbons (Fsp3) is 0.714. The lowest BCUT2D eigenvalue weighted by molar-refractivity contribution is 0.181. The molecular weight excluding hydrogens is 200 g/mol. The molecule has 2 heteroatoms. The number of epoxide rings is 2. The molecule has 5 rings (SSSR count). The fourth-order valence-corrected chi connectivity index (χ4v) is 4.70. The van der Waals surface area contributed by atoms with Crippen molar-refractivity contribution in [2.45, 2.75) is 60.9 Å². The molecule has 2 nitrogen and oxygen atoms in total. The summed E-state index contributed by atoms with van der Waals surface area (Å²) in [5.41, 5.74) is 0.639. The molecule has 0 aromatic carbocycles. The summed E-state index contributed by atoms with van der Waals surface area (Å²) in [5.74, 6) is 0. The number of hydrogen-bond acceptors (Lipinski definition) is 2. The van der Waals surface area contributed by atoms with E-state index in [9.17, 15) is 0 Å². The van der Waals surface area contributed by atoms with E-state index in [1.807, 2.05) is 0 Å². The van der Waals surface area contributed by atoms with Crippen molar-refractivity contribution in [3.8, 4) is 0 Å². The van der Waals surface area contributed by atoms with Crippen LogP contribution in [-0.2, 0) is 9.47 Å². The van der Waals surface area contributed by atoms with Gasteiger partial charge >= 0.3 is 0 Å². The smallest absolute Gasteiger partial charge is 0.105 e. The largest absolute Gasteiger partial charge is 0.362 e. The molecule has 0 bridgehead atoms. The molecule has 0 aromatic rings. The summed E-state index contributed by atoms with van der Waals surface area (Å²) in [6, 6.07) is 0.